The van der Waals surface area contributed by atoms with Crippen LogP contribution in [0.1, 0.15) is 37.8 Å². The SMILES string of the molecule is CCCC1(C)c2cc(-c3ccc4ccc5cccc6ccc3c4c56)ccc2-c2ccc(-c3ccc4ccc5cccc6ccc3c4c56)cc21. The topological polar surface area (TPSA) is 0 Å². The van der Waals surface area contributed by atoms with E-state index in [0.717, 1.165) is 12.8 Å². The monoisotopic (exact) mass is 622 g/mol. The van der Waals surface area contributed by atoms with Gasteiger partial charge in [-0.2, -0.15) is 0 Å². The summed E-state index contributed by atoms with van der Waals surface area (Å²) in [5, 5.41) is 16.1. The summed E-state index contributed by atoms with van der Waals surface area (Å²) >= 11 is 0. The fourth-order valence-corrected chi connectivity index (χ4v) is 9.69. The molecule has 10 aromatic carbocycles. The molecule has 0 bridgehead atoms. The van der Waals surface area contributed by atoms with Gasteiger partial charge in [-0.1, -0.05) is 154 Å². The van der Waals surface area contributed by atoms with Crippen LogP contribution >= 0.6 is 0 Å². The van der Waals surface area contributed by atoms with E-state index in [4.69, 9.17) is 0 Å². The molecular formula is C49H34. The predicted octanol–water partition coefficient (Wildman–Crippen LogP) is 13.9. The standard InChI is InChI=1S/C49H34/c1-3-26-49(2)43-27-35(37-20-14-33-12-10-29-6-4-8-31-16-24-41(37)47(33)45(29)31)18-22-39(43)40-23-19-36(28-44(40)49)38-21-15-34-13-11-30-7-5-9-32-17-25-42(38)48(34)46(30)32/h4-25,27-28H,3,26H2,1-2H3. The highest BCUT2D eigenvalue weighted by molar-refractivity contribution is 6.26. The van der Waals surface area contributed by atoms with E-state index in [9.17, 15) is 0 Å². The van der Waals surface area contributed by atoms with Crippen LogP contribution < -0.4 is 0 Å². The molecule has 0 amide bonds. The highest BCUT2D eigenvalue weighted by Crippen LogP contribution is 2.54. The largest absolute Gasteiger partial charge is 0.0653 e. The first-order valence-corrected chi connectivity index (χ1v) is 17.7. The number of rotatable bonds is 4. The molecule has 0 heteroatoms. The lowest BCUT2D eigenvalue weighted by atomic mass is 9.75. The van der Waals surface area contributed by atoms with Crippen LogP contribution in [0, 0.1) is 0 Å². The predicted molar refractivity (Wildman–Crippen MR) is 212 cm³/mol. The molecule has 0 aliphatic heterocycles. The second kappa shape index (κ2) is 9.68. The van der Waals surface area contributed by atoms with E-state index >= 15 is 0 Å². The highest BCUT2D eigenvalue weighted by atomic mass is 14.4. The van der Waals surface area contributed by atoms with Crippen molar-refractivity contribution in [2.45, 2.75) is 32.1 Å². The Hall–Kier alpha value is -5.72. The minimum absolute atomic E-state index is 0.0704. The van der Waals surface area contributed by atoms with Gasteiger partial charge in [-0.05, 0) is 128 Å². The maximum absolute atomic E-state index is 2.52. The molecule has 1 aliphatic carbocycles. The zero-order valence-electron chi connectivity index (χ0n) is 27.8. The second-order valence-electron chi connectivity index (χ2n) is 14.5. The Bertz CT molecular complexity index is 2730. The molecule has 0 nitrogen and oxygen atoms in total. The van der Waals surface area contributed by atoms with E-state index < -0.39 is 0 Å². The molecule has 0 fully saturated rings. The van der Waals surface area contributed by atoms with Gasteiger partial charge in [0, 0.05) is 5.41 Å². The summed E-state index contributed by atoms with van der Waals surface area (Å²) in [6.07, 6.45) is 2.23. The third-order valence-electron chi connectivity index (χ3n) is 11.9. The summed E-state index contributed by atoms with van der Waals surface area (Å²) in [6, 6.07) is 55.6. The van der Waals surface area contributed by atoms with Gasteiger partial charge in [0.15, 0.2) is 0 Å². The van der Waals surface area contributed by atoms with Gasteiger partial charge in [-0.25, -0.2) is 0 Å². The van der Waals surface area contributed by atoms with Crippen LogP contribution in [0.5, 0.6) is 0 Å². The first kappa shape index (κ1) is 27.3. The lowest BCUT2D eigenvalue weighted by molar-refractivity contribution is 0.524. The van der Waals surface area contributed by atoms with Crippen molar-refractivity contribution in [1.82, 2.24) is 0 Å². The molecule has 0 N–H and O–H groups in total. The van der Waals surface area contributed by atoms with Crippen molar-refractivity contribution in [1.29, 1.82) is 0 Å². The average molecular weight is 623 g/mol. The Morgan fingerprint density at radius 1 is 0.388 bits per heavy atom. The smallest absolute Gasteiger partial charge is 0.0187 e. The average Bonchev–Trinajstić information content (AvgIpc) is 3.39. The first-order valence-electron chi connectivity index (χ1n) is 17.7. The molecule has 0 radical (unpaired) electrons. The highest BCUT2D eigenvalue weighted by Gasteiger charge is 2.39. The zero-order valence-corrected chi connectivity index (χ0v) is 27.8. The van der Waals surface area contributed by atoms with E-state index in [1.807, 2.05) is 0 Å². The second-order valence-corrected chi connectivity index (χ2v) is 14.5. The molecule has 0 unspecified atom stereocenters. The van der Waals surface area contributed by atoms with Gasteiger partial charge in [0.25, 0.3) is 0 Å². The number of benzene rings is 10. The van der Waals surface area contributed by atoms with E-state index in [1.54, 1.807) is 0 Å². The van der Waals surface area contributed by atoms with Gasteiger partial charge in [0.1, 0.15) is 0 Å². The Balaban J connectivity index is 1.09. The summed E-state index contributed by atoms with van der Waals surface area (Å²) in [7, 11) is 0. The maximum atomic E-state index is 2.52. The number of hydrogen-bond acceptors (Lipinski definition) is 0. The van der Waals surface area contributed by atoms with Crippen LogP contribution in [0.4, 0.5) is 0 Å². The summed E-state index contributed by atoms with van der Waals surface area (Å²) in [5.41, 5.74) is 10.9. The molecule has 10 aromatic rings. The molecule has 230 valence electrons. The van der Waals surface area contributed by atoms with Crippen molar-refractivity contribution >= 4 is 64.6 Å². The minimum Gasteiger partial charge on any atom is -0.0653 e. The van der Waals surface area contributed by atoms with Gasteiger partial charge in [0.2, 0.25) is 0 Å². The van der Waals surface area contributed by atoms with Gasteiger partial charge in [-0.3, -0.25) is 0 Å². The summed E-state index contributed by atoms with van der Waals surface area (Å²) < 4.78 is 0. The molecule has 0 aromatic heterocycles. The number of fused-ring (bicyclic) bond motifs is 3. The van der Waals surface area contributed by atoms with Crippen molar-refractivity contribution in [3.63, 3.8) is 0 Å². The van der Waals surface area contributed by atoms with Crippen LogP contribution in [0.2, 0.25) is 0 Å². The third kappa shape index (κ3) is 3.59. The molecule has 11 rings (SSSR count). The Kier molecular flexibility index (Phi) is 5.38. The molecule has 1 aliphatic rings. The van der Waals surface area contributed by atoms with E-state index in [0.29, 0.717) is 0 Å². The Labute approximate surface area is 285 Å². The quantitative estimate of drug-likeness (QED) is 0.171. The van der Waals surface area contributed by atoms with Crippen molar-refractivity contribution in [2.75, 3.05) is 0 Å². The van der Waals surface area contributed by atoms with Gasteiger partial charge >= 0.3 is 0 Å². The molecule has 0 saturated carbocycles. The van der Waals surface area contributed by atoms with Crippen molar-refractivity contribution in [3.8, 4) is 33.4 Å². The lowest BCUT2D eigenvalue weighted by Gasteiger charge is -2.28. The van der Waals surface area contributed by atoms with Crippen molar-refractivity contribution in [2.24, 2.45) is 0 Å². The summed E-state index contributed by atoms with van der Waals surface area (Å²) in [4.78, 5) is 0. The van der Waals surface area contributed by atoms with Gasteiger partial charge in [-0.15, -0.1) is 0 Å². The van der Waals surface area contributed by atoms with E-state index in [2.05, 4.69) is 159 Å². The van der Waals surface area contributed by atoms with Crippen LogP contribution in [-0.2, 0) is 5.41 Å². The van der Waals surface area contributed by atoms with Gasteiger partial charge in [0.05, 0.1) is 0 Å². The Morgan fingerprint density at radius 3 is 1.18 bits per heavy atom. The first-order chi connectivity index (χ1) is 24.1. The molecule has 0 atom stereocenters. The summed E-state index contributed by atoms with van der Waals surface area (Å²) in [5.74, 6) is 0. The number of hydrogen-bond donors (Lipinski definition) is 0. The third-order valence-corrected chi connectivity index (χ3v) is 11.9. The van der Waals surface area contributed by atoms with Gasteiger partial charge < -0.3 is 0 Å². The lowest BCUT2D eigenvalue weighted by Crippen LogP contribution is -2.20. The zero-order chi connectivity index (χ0) is 32.4. The fraction of sp³-hybridized carbons (Fsp3) is 0.102. The molecular weight excluding hydrogens is 589 g/mol. The van der Waals surface area contributed by atoms with Crippen LogP contribution in [0.15, 0.2) is 146 Å². The molecule has 0 spiro atoms. The van der Waals surface area contributed by atoms with Crippen molar-refractivity contribution in [3.05, 3.63) is 157 Å². The van der Waals surface area contributed by atoms with Crippen molar-refractivity contribution < 1.29 is 0 Å². The van der Waals surface area contributed by atoms with Crippen LogP contribution in [0.25, 0.3) is 98.0 Å². The Morgan fingerprint density at radius 2 is 0.755 bits per heavy atom. The van der Waals surface area contributed by atoms with Crippen LogP contribution in [0.3, 0.4) is 0 Å². The molecule has 0 heterocycles. The molecule has 0 saturated heterocycles. The van der Waals surface area contributed by atoms with Crippen LogP contribution in [-0.4, -0.2) is 0 Å². The summed E-state index contributed by atoms with van der Waals surface area (Å²) in [6.45, 7) is 4.82. The fourth-order valence-electron chi connectivity index (χ4n) is 9.69. The minimum atomic E-state index is -0.0704. The molecule has 49 heavy (non-hydrogen) atoms. The normalized spacial score (nSPS) is 13.8. The maximum Gasteiger partial charge on any atom is 0.0187 e. The van der Waals surface area contributed by atoms with E-state index in [1.165, 1.54) is 109 Å². The van der Waals surface area contributed by atoms with E-state index in [-0.39, 0.29) is 5.41 Å².